The zero-order valence-electron chi connectivity index (χ0n) is 16.9. The monoisotopic (exact) mass is 401 g/mol. The smallest absolute Gasteiger partial charge is 0.309 e. The molecule has 3 rings (SSSR count). The van der Waals surface area contributed by atoms with E-state index in [-0.39, 0.29) is 6.04 Å². The third-order valence-corrected chi connectivity index (χ3v) is 5.23. The molecule has 0 saturated carbocycles. The molecule has 29 heavy (non-hydrogen) atoms. The van der Waals surface area contributed by atoms with E-state index in [1.54, 1.807) is 20.3 Å². The molecule has 0 radical (unpaired) electrons. The number of ether oxygens (including phenoxy) is 1. The summed E-state index contributed by atoms with van der Waals surface area (Å²) in [5.41, 5.74) is 1.17. The number of nitrogens with zero attached hydrogens (tertiary/aromatic N) is 1. The molecule has 1 atom stereocenters. The van der Waals surface area contributed by atoms with Crippen molar-refractivity contribution in [1.82, 2.24) is 10.6 Å². The minimum Gasteiger partial charge on any atom is -0.497 e. The van der Waals surface area contributed by atoms with Gasteiger partial charge < -0.3 is 29.6 Å². The normalized spacial score (nSPS) is 15.6. The van der Waals surface area contributed by atoms with Gasteiger partial charge in [0.05, 0.1) is 46.1 Å². The van der Waals surface area contributed by atoms with Gasteiger partial charge in [-0.2, -0.15) is 0 Å². The van der Waals surface area contributed by atoms with E-state index in [2.05, 4.69) is 27.7 Å². The van der Waals surface area contributed by atoms with Gasteiger partial charge in [-0.05, 0) is 43.3 Å². The van der Waals surface area contributed by atoms with Crippen molar-refractivity contribution in [3.63, 3.8) is 0 Å². The molecular formula is C21H29N4O4+. The number of quaternary nitrogens is 1. The molecule has 156 valence electrons. The number of piperazine rings is 1. The molecule has 8 nitrogen and oxygen atoms in total. The lowest BCUT2D eigenvalue weighted by Crippen LogP contribution is -3.15. The molecule has 1 aromatic carbocycles. The SMILES string of the molecule is CCNC(=O)C(=O)NC[C@H](c1ccco1)[NH+]1CCN(c2ccc(OC)cc2)CC1. The molecule has 0 bridgehead atoms. The van der Waals surface area contributed by atoms with E-state index in [0.29, 0.717) is 13.1 Å². The van der Waals surface area contributed by atoms with Crippen molar-refractivity contribution in [3.05, 3.63) is 48.4 Å². The third-order valence-electron chi connectivity index (χ3n) is 5.23. The number of rotatable bonds is 7. The maximum Gasteiger partial charge on any atom is 0.309 e. The molecule has 1 fully saturated rings. The number of furan rings is 1. The number of nitrogens with one attached hydrogen (secondary N) is 3. The first kappa shape index (κ1) is 20.7. The van der Waals surface area contributed by atoms with Gasteiger partial charge in [-0.15, -0.1) is 0 Å². The van der Waals surface area contributed by atoms with Gasteiger partial charge in [0.2, 0.25) is 0 Å². The van der Waals surface area contributed by atoms with Gasteiger partial charge in [0.1, 0.15) is 5.75 Å². The lowest BCUT2D eigenvalue weighted by molar-refractivity contribution is -0.932. The van der Waals surface area contributed by atoms with E-state index in [1.165, 1.54) is 10.6 Å². The second kappa shape index (κ2) is 9.97. The largest absolute Gasteiger partial charge is 0.497 e. The first-order valence-corrected chi connectivity index (χ1v) is 9.95. The van der Waals surface area contributed by atoms with Crippen molar-refractivity contribution in [1.29, 1.82) is 0 Å². The van der Waals surface area contributed by atoms with Crippen molar-refractivity contribution < 1.29 is 23.6 Å². The van der Waals surface area contributed by atoms with Crippen LogP contribution in [-0.4, -0.2) is 58.2 Å². The van der Waals surface area contributed by atoms with Crippen LogP contribution < -0.4 is 25.2 Å². The van der Waals surface area contributed by atoms with Gasteiger partial charge in [0.15, 0.2) is 11.8 Å². The molecule has 2 aromatic rings. The summed E-state index contributed by atoms with van der Waals surface area (Å²) >= 11 is 0. The van der Waals surface area contributed by atoms with Crippen LogP contribution in [0.25, 0.3) is 0 Å². The average molecular weight is 401 g/mol. The molecule has 1 aliphatic rings. The van der Waals surface area contributed by atoms with E-state index < -0.39 is 11.8 Å². The Morgan fingerprint density at radius 2 is 1.83 bits per heavy atom. The van der Waals surface area contributed by atoms with Gasteiger partial charge in [0, 0.05) is 12.2 Å². The van der Waals surface area contributed by atoms with Crippen LogP contribution >= 0.6 is 0 Å². The molecule has 0 aliphatic carbocycles. The first-order valence-electron chi connectivity index (χ1n) is 9.95. The summed E-state index contributed by atoms with van der Waals surface area (Å²) < 4.78 is 10.9. The zero-order valence-corrected chi connectivity index (χ0v) is 16.9. The Balaban J connectivity index is 1.60. The topological polar surface area (TPSA) is 88.2 Å². The highest BCUT2D eigenvalue weighted by Gasteiger charge is 2.31. The number of likely N-dealkylation sites (N-methyl/N-ethyl adjacent to an activating group) is 1. The molecule has 1 aromatic heterocycles. The lowest BCUT2D eigenvalue weighted by atomic mass is 10.1. The van der Waals surface area contributed by atoms with Crippen molar-refractivity contribution in [2.24, 2.45) is 0 Å². The van der Waals surface area contributed by atoms with Crippen molar-refractivity contribution in [2.45, 2.75) is 13.0 Å². The number of anilines is 1. The van der Waals surface area contributed by atoms with Crippen LogP contribution in [0.5, 0.6) is 5.75 Å². The molecule has 1 aliphatic heterocycles. The molecule has 2 amide bonds. The van der Waals surface area contributed by atoms with Crippen LogP contribution in [0.4, 0.5) is 5.69 Å². The summed E-state index contributed by atoms with van der Waals surface area (Å²) in [7, 11) is 1.66. The summed E-state index contributed by atoms with van der Waals surface area (Å²) in [5.74, 6) is 0.442. The maximum absolute atomic E-state index is 12.0. The summed E-state index contributed by atoms with van der Waals surface area (Å²) in [4.78, 5) is 27.4. The molecule has 0 unspecified atom stereocenters. The average Bonchev–Trinajstić information content (AvgIpc) is 3.29. The Hall–Kier alpha value is -3.00. The lowest BCUT2D eigenvalue weighted by Gasteiger charge is -2.37. The highest BCUT2D eigenvalue weighted by molar-refractivity contribution is 6.35. The number of carbonyl (C=O) groups excluding carboxylic acids is 2. The van der Waals surface area contributed by atoms with Crippen LogP contribution in [0.15, 0.2) is 47.1 Å². The molecule has 1 saturated heterocycles. The first-order chi connectivity index (χ1) is 14.1. The van der Waals surface area contributed by atoms with Crippen LogP contribution in [-0.2, 0) is 9.59 Å². The number of hydrogen-bond acceptors (Lipinski definition) is 5. The second-order valence-electron chi connectivity index (χ2n) is 6.98. The number of carbonyl (C=O) groups is 2. The Morgan fingerprint density at radius 1 is 1.14 bits per heavy atom. The summed E-state index contributed by atoms with van der Waals surface area (Å²) in [5, 5.41) is 5.27. The molecule has 3 N–H and O–H groups in total. The van der Waals surface area contributed by atoms with Gasteiger partial charge in [0.25, 0.3) is 0 Å². The molecule has 0 spiro atoms. The predicted molar refractivity (Wildman–Crippen MR) is 109 cm³/mol. The summed E-state index contributed by atoms with van der Waals surface area (Å²) in [6.45, 7) is 6.13. The molecular weight excluding hydrogens is 372 g/mol. The summed E-state index contributed by atoms with van der Waals surface area (Å²) in [6, 6.07) is 11.8. The minimum absolute atomic E-state index is 0.0404. The summed E-state index contributed by atoms with van der Waals surface area (Å²) in [6.07, 6.45) is 1.64. The fraction of sp³-hybridized carbons (Fsp3) is 0.429. The number of benzene rings is 1. The fourth-order valence-electron chi connectivity index (χ4n) is 3.65. The highest BCUT2D eigenvalue weighted by Crippen LogP contribution is 2.19. The van der Waals surface area contributed by atoms with Gasteiger partial charge in [-0.1, -0.05) is 0 Å². The van der Waals surface area contributed by atoms with Crippen LogP contribution in [0, 0.1) is 0 Å². The Morgan fingerprint density at radius 3 is 2.41 bits per heavy atom. The van der Waals surface area contributed by atoms with Crippen LogP contribution in [0.2, 0.25) is 0 Å². The minimum atomic E-state index is -0.611. The zero-order chi connectivity index (χ0) is 20.6. The van der Waals surface area contributed by atoms with Crippen molar-refractivity contribution in [3.8, 4) is 5.75 Å². The highest BCUT2D eigenvalue weighted by atomic mass is 16.5. The molecule has 2 heterocycles. The Labute approximate surface area is 170 Å². The van der Waals surface area contributed by atoms with Gasteiger partial charge >= 0.3 is 11.8 Å². The van der Waals surface area contributed by atoms with Crippen LogP contribution in [0.3, 0.4) is 0 Å². The number of methoxy groups -OCH3 is 1. The van der Waals surface area contributed by atoms with Gasteiger partial charge in [-0.3, -0.25) is 9.59 Å². The number of hydrogen-bond donors (Lipinski definition) is 3. The predicted octanol–water partition coefficient (Wildman–Crippen LogP) is -0.0133. The van der Waals surface area contributed by atoms with E-state index in [4.69, 9.17) is 9.15 Å². The quantitative estimate of drug-likeness (QED) is 0.568. The maximum atomic E-state index is 12.0. The van der Waals surface area contributed by atoms with E-state index in [0.717, 1.165) is 37.7 Å². The van der Waals surface area contributed by atoms with Crippen LogP contribution in [0.1, 0.15) is 18.7 Å². The van der Waals surface area contributed by atoms with Crippen molar-refractivity contribution >= 4 is 17.5 Å². The van der Waals surface area contributed by atoms with E-state index >= 15 is 0 Å². The second-order valence-corrected chi connectivity index (χ2v) is 6.98. The van der Waals surface area contributed by atoms with Crippen molar-refractivity contribution in [2.75, 3.05) is 51.3 Å². The Bertz CT molecular complexity index is 784. The Kier molecular flexibility index (Phi) is 7.13. The number of amides is 2. The van der Waals surface area contributed by atoms with E-state index in [1.807, 2.05) is 24.3 Å². The third kappa shape index (κ3) is 5.29. The standard InChI is InChI=1S/C21H28N4O4/c1-3-22-20(26)21(27)23-15-18(19-5-4-14-29-19)25-12-10-24(11-13-25)16-6-8-17(28-2)9-7-16/h4-9,14,18H,3,10-13,15H2,1-2H3,(H,22,26)(H,23,27)/p+1/t18-/m1/s1. The van der Waals surface area contributed by atoms with E-state index in [9.17, 15) is 9.59 Å². The fourth-order valence-corrected chi connectivity index (χ4v) is 3.65. The molecule has 8 heteroatoms. The van der Waals surface area contributed by atoms with Gasteiger partial charge in [-0.25, -0.2) is 0 Å².